The summed E-state index contributed by atoms with van der Waals surface area (Å²) in [4.78, 5) is 31.2. The summed E-state index contributed by atoms with van der Waals surface area (Å²) in [5, 5.41) is 1.28. The number of fused-ring (bicyclic) bond motifs is 1. The second-order valence-electron chi connectivity index (χ2n) is 6.39. The standard InChI is InChI=1S/C21H19ClN2O3/c1-13-17(12-15-11-16(22)9-10-18(15)23-13)21(26)27-19(20(25)24(2)3)14-7-5-4-6-8-14/h4-12,19H,1-3H3. The Labute approximate surface area is 162 Å². The predicted octanol–water partition coefficient (Wildman–Crippen LogP) is 4.18. The molecule has 0 aliphatic rings. The van der Waals surface area contributed by atoms with Crippen LogP contribution < -0.4 is 0 Å². The molecule has 1 atom stereocenters. The van der Waals surface area contributed by atoms with Crippen LogP contribution in [0.2, 0.25) is 5.02 Å². The number of hydrogen-bond acceptors (Lipinski definition) is 4. The Hall–Kier alpha value is -2.92. The zero-order valence-electron chi connectivity index (χ0n) is 15.3. The molecule has 0 bridgehead atoms. The predicted molar refractivity (Wildman–Crippen MR) is 105 cm³/mol. The minimum absolute atomic E-state index is 0.303. The average Bonchev–Trinajstić information content (AvgIpc) is 2.65. The number of rotatable bonds is 4. The van der Waals surface area contributed by atoms with Crippen molar-refractivity contribution in [3.05, 3.63) is 76.4 Å². The van der Waals surface area contributed by atoms with Crippen molar-refractivity contribution >= 4 is 34.4 Å². The molecule has 6 heteroatoms. The smallest absolute Gasteiger partial charge is 0.341 e. The SMILES string of the molecule is Cc1nc2ccc(Cl)cc2cc1C(=O)OC(C(=O)N(C)C)c1ccccc1. The first-order valence-electron chi connectivity index (χ1n) is 8.41. The summed E-state index contributed by atoms with van der Waals surface area (Å²) in [6.07, 6.45) is -1.02. The number of carbonyl (C=O) groups excluding carboxylic acids is 2. The number of aryl methyl sites for hydroxylation is 1. The molecule has 5 nitrogen and oxygen atoms in total. The lowest BCUT2D eigenvalue weighted by Gasteiger charge is -2.21. The van der Waals surface area contributed by atoms with Gasteiger partial charge in [0.25, 0.3) is 5.91 Å². The Bertz CT molecular complexity index is 1000. The first kappa shape index (κ1) is 18.9. The van der Waals surface area contributed by atoms with Gasteiger partial charge < -0.3 is 9.64 Å². The Balaban J connectivity index is 1.97. The summed E-state index contributed by atoms with van der Waals surface area (Å²) >= 11 is 6.04. The lowest BCUT2D eigenvalue weighted by atomic mass is 10.1. The van der Waals surface area contributed by atoms with Gasteiger partial charge in [0.15, 0.2) is 0 Å². The highest BCUT2D eigenvalue weighted by molar-refractivity contribution is 6.31. The zero-order valence-corrected chi connectivity index (χ0v) is 16.0. The van der Waals surface area contributed by atoms with Crippen molar-refractivity contribution in [2.24, 2.45) is 0 Å². The van der Waals surface area contributed by atoms with Gasteiger partial charge in [-0.2, -0.15) is 0 Å². The molecule has 3 aromatic rings. The number of esters is 1. The first-order valence-corrected chi connectivity index (χ1v) is 8.78. The van der Waals surface area contributed by atoms with Crippen LogP contribution in [0.1, 0.15) is 27.7 Å². The van der Waals surface area contributed by atoms with Gasteiger partial charge in [-0.05, 0) is 31.2 Å². The maximum atomic E-state index is 12.8. The monoisotopic (exact) mass is 382 g/mol. The molecular weight excluding hydrogens is 364 g/mol. The number of nitrogens with zero attached hydrogens (tertiary/aromatic N) is 2. The third kappa shape index (κ3) is 4.09. The second kappa shape index (κ2) is 7.76. The number of aromatic nitrogens is 1. The Morgan fingerprint density at radius 3 is 2.44 bits per heavy atom. The second-order valence-corrected chi connectivity index (χ2v) is 6.82. The summed E-state index contributed by atoms with van der Waals surface area (Å²) in [6, 6.07) is 15.9. The molecule has 3 rings (SSSR count). The molecule has 27 heavy (non-hydrogen) atoms. The number of hydrogen-bond donors (Lipinski definition) is 0. The van der Waals surface area contributed by atoms with Gasteiger partial charge in [0, 0.05) is 30.1 Å². The number of likely N-dealkylation sites (N-methyl/N-ethyl adjacent to an activating group) is 1. The Kier molecular flexibility index (Phi) is 5.42. The van der Waals surface area contributed by atoms with E-state index in [1.165, 1.54) is 4.90 Å². The van der Waals surface area contributed by atoms with Crippen molar-refractivity contribution in [3.8, 4) is 0 Å². The molecule has 1 unspecified atom stereocenters. The van der Waals surface area contributed by atoms with E-state index in [0.29, 0.717) is 21.8 Å². The van der Waals surface area contributed by atoms with Gasteiger partial charge in [-0.25, -0.2) is 4.79 Å². The average molecular weight is 383 g/mol. The number of amides is 1. The molecule has 0 saturated carbocycles. The largest absolute Gasteiger partial charge is 0.444 e. The minimum atomic E-state index is -1.02. The van der Waals surface area contributed by atoms with Crippen LogP contribution in [0.3, 0.4) is 0 Å². The Morgan fingerprint density at radius 2 is 1.78 bits per heavy atom. The molecular formula is C21H19ClN2O3. The fourth-order valence-electron chi connectivity index (χ4n) is 2.74. The number of benzene rings is 2. The topological polar surface area (TPSA) is 59.5 Å². The molecule has 1 heterocycles. The van der Waals surface area contributed by atoms with Gasteiger partial charge in [-0.3, -0.25) is 9.78 Å². The van der Waals surface area contributed by atoms with Crippen molar-refractivity contribution in [1.29, 1.82) is 0 Å². The van der Waals surface area contributed by atoms with Crippen LogP contribution in [0.25, 0.3) is 10.9 Å². The van der Waals surface area contributed by atoms with Crippen molar-refractivity contribution < 1.29 is 14.3 Å². The van der Waals surface area contributed by atoms with E-state index in [2.05, 4.69) is 4.98 Å². The van der Waals surface area contributed by atoms with E-state index < -0.39 is 12.1 Å². The first-order chi connectivity index (χ1) is 12.9. The molecule has 0 aliphatic carbocycles. The molecule has 0 saturated heterocycles. The van der Waals surface area contributed by atoms with Crippen molar-refractivity contribution in [2.75, 3.05) is 14.1 Å². The molecule has 0 aliphatic heterocycles. The van der Waals surface area contributed by atoms with Crippen LogP contribution in [0.5, 0.6) is 0 Å². The number of pyridine rings is 1. The van der Waals surface area contributed by atoms with Gasteiger partial charge in [-0.15, -0.1) is 0 Å². The molecule has 0 N–H and O–H groups in total. The van der Waals surface area contributed by atoms with E-state index in [1.807, 2.05) is 6.07 Å². The van der Waals surface area contributed by atoms with E-state index in [1.54, 1.807) is 69.6 Å². The molecule has 138 valence electrons. The van der Waals surface area contributed by atoms with Gasteiger partial charge >= 0.3 is 5.97 Å². The molecule has 0 fully saturated rings. The third-order valence-electron chi connectivity index (χ3n) is 4.18. The fraction of sp³-hybridized carbons (Fsp3) is 0.190. The fourth-order valence-corrected chi connectivity index (χ4v) is 2.92. The molecule has 1 aromatic heterocycles. The highest BCUT2D eigenvalue weighted by atomic mass is 35.5. The lowest BCUT2D eigenvalue weighted by Crippen LogP contribution is -2.31. The van der Waals surface area contributed by atoms with Crippen LogP contribution in [-0.4, -0.2) is 35.9 Å². The Morgan fingerprint density at radius 1 is 1.07 bits per heavy atom. The van der Waals surface area contributed by atoms with Crippen molar-refractivity contribution in [2.45, 2.75) is 13.0 Å². The van der Waals surface area contributed by atoms with Crippen molar-refractivity contribution in [1.82, 2.24) is 9.88 Å². The number of halogens is 1. The van der Waals surface area contributed by atoms with Crippen LogP contribution in [-0.2, 0) is 9.53 Å². The highest BCUT2D eigenvalue weighted by Gasteiger charge is 2.27. The van der Waals surface area contributed by atoms with Gasteiger partial charge in [0.1, 0.15) is 0 Å². The molecule has 0 spiro atoms. The lowest BCUT2D eigenvalue weighted by molar-refractivity contribution is -0.138. The molecule has 1 amide bonds. The summed E-state index contributed by atoms with van der Waals surface area (Å²) in [5.41, 5.74) is 2.17. The quantitative estimate of drug-likeness (QED) is 0.635. The van der Waals surface area contributed by atoms with Crippen LogP contribution in [0.4, 0.5) is 0 Å². The third-order valence-corrected chi connectivity index (χ3v) is 4.41. The minimum Gasteiger partial charge on any atom is -0.444 e. The van der Waals surface area contributed by atoms with Gasteiger partial charge in [0.2, 0.25) is 6.10 Å². The summed E-state index contributed by atoms with van der Waals surface area (Å²) in [6.45, 7) is 1.73. The van der Waals surface area contributed by atoms with Crippen LogP contribution in [0.15, 0.2) is 54.6 Å². The maximum absolute atomic E-state index is 12.8. The number of carbonyl (C=O) groups is 2. The van der Waals surface area contributed by atoms with Crippen molar-refractivity contribution in [3.63, 3.8) is 0 Å². The number of ether oxygens (including phenoxy) is 1. The summed E-state index contributed by atoms with van der Waals surface area (Å²) in [7, 11) is 3.24. The van der Waals surface area contributed by atoms with Gasteiger partial charge in [-0.1, -0.05) is 41.9 Å². The van der Waals surface area contributed by atoms with E-state index in [-0.39, 0.29) is 5.91 Å². The van der Waals surface area contributed by atoms with Crippen LogP contribution in [0, 0.1) is 6.92 Å². The normalized spacial score (nSPS) is 11.9. The zero-order chi connectivity index (χ0) is 19.6. The van der Waals surface area contributed by atoms with Crippen LogP contribution >= 0.6 is 11.6 Å². The maximum Gasteiger partial charge on any atom is 0.341 e. The summed E-state index contributed by atoms with van der Waals surface area (Å²) < 4.78 is 5.60. The molecule has 0 radical (unpaired) electrons. The van der Waals surface area contributed by atoms with E-state index in [4.69, 9.17) is 16.3 Å². The molecule has 2 aromatic carbocycles. The van der Waals surface area contributed by atoms with E-state index in [0.717, 1.165) is 10.9 Å². The van der Waals surface area contributed by atoms with E-state index in [9.17, 15) is 9.59 Å². The van der Waals surface area contributed by atoms with Gasteiger partial charge in [0.05, 0.1) is 16.8 Å². The highest BCUT2D eigenvalue weighted by Crippen LogP contribution is 2.25. The summed E-state index contributed by atoms with van der Waals surface area (Å²) in [5.74, 6) is -0.921. The van der Waals surface area contributed by atoms with E-state index >= 15 is 0 Å².